The molecule has 0 amide bonds. The second-order valence-electron chi connectivity index (χ2n) is 6.52. The minimum absolute atomic E-state index is 0.0774. The topological polar surface area (TPSA) is 72.0 Å². The van der Waals surface area contributed by atoms with Gasteiger partial charge < -0.3 is 5.32 Å². The van der Waals surface area contributed by atoms with E-state index in [0.717, 1.165) is 22.5 Å². The van der Waals surface area contributed by atoms with Crippen LogP contribution in [0.2, 0.25) is 5.02 Å². The highest BCUT2D eigenvalue weighted by Gasteiger charge is 2.31. The van der Waals surface area contributed by atoms with Crippen LogP contribution in [0.3, 0.4) is 0 Å². The van der Waals surface area contributed by atoms with E-state index >= 15 is 0 Å². The zero-order valence-corrected chi connectivity index (χ0v) is 15.6. The lowest BCUT2D eigenvalue weighted by Gasteiger charge is -2.20. The van der Waals surface area contributed by atoms with E-state index in [0.29, 0.717) is 16.1 Å². The number of rotatable bonds is 3. The maximum absolute atomic E-state index is 9.06. The minimum atomic E-state index is -0.147. The van der Waals surface area contributed by atoms with Crippen LogP contribution in [0.25, 0.3) is 0 Å². The van der Waals surface area contributed by atoms with Crippen LogP contribution in [0.4, 0.5) is 0 Å². The van der Waals surface area contributed by atoms with Gasteiger partial charge in [0, 0.05) is 10.6 Å². The Morgan fingerprint density at radius 2 is 1.29 bits per heavy atom. The summed E-state index contributed by atoms with van der Waals surface area (Å²) in [5.41, 5.74) is 4.26. The smallest absolute Gasteiger partial charge is 0.129 e. The van der Waals surface area contributed by atoms with Crippen molar-refractivity contribution in [3.63, 3.8) is 0 Å². The molecule has 1 N–H and O–H groups in total. The van der Waals surface area contributed by atoms with Crippen molar-refractivity contribution in [2.24, 2.45) is 4.99 Å². The average Bonchev–Trinajstić information content (AvgIpc) is 3.20. The molecule has 0 unspecified atom stereocenters. The summed E-state index contributed by atoms with van der Waals surface area (Å²) >= 11 is 6.01. The van der Waals surface area contributed by atoms with Crippen molar-refractivity contribution < 1.29 is 0 Å². The third kappa shape index (κ3) is 3.47. The fourth-order valence-corrected chi connectivity index (χ4v) is 3.42. The van der Waals surface area contributed by atoms with Gasteiger partial charge in [-0.3, -0.25) is 4.99 Å². The quantitative estimate of drug-likeness (QED) is 0.699. The second kappa shape index (κ2) is 7.56. The highest BCUT2D eigenvalue weighted by Crippen LogP contribution is 2.37. The summed E-state index contributed by atoms with van der Waals surface area (Å²) in [6.45, 7) is 0. The van der Waals surface area contributed by atoms with Gasteiger partial charge in [-0.25, -0.2) is 0 Å². The first kappa shape index (κ1) is 17.8. The molecular weight excluding hydrogens is 368 g/mol. The predicted octanol–water partition coefficient (Wildman–Crippen LogP) is 4.92. The summed E-state index contributed by atoms with van der Waals surface area (Å²) in [5, 5.41) is 22.3. The molecule has 1 aliphatic heterocycles. The molecule has 4 rings (SSSR count). The SMILES string of the molecule is N#Cc1ccc([C@H]2NC(c3ccc(Cl)cc3)=N[C@H]2c2ccc(C#N)cc2)cc1. The number of nitriles is 2. The molecule has 2 atom stereocenters. The number of amidine groups is 1. The van der Waals surface area contributed by atoms with Crippen molar-refractivity contribution in [2.45, 2.75) is 12.1 Å². The molecule has 0 bridgehead atoms. The molecule has 134 valence electrons. The molecule has 5 heteroatoms. The first-order valence-electron chi connectivity index (χ1n) is 8.78. The van der Waals surface area contributed by atoms with Crippen LogP contribution < -0.4 is 5.32 Å². The highest BCUT2D eigenvalue weighted by molar-refractivity contribution is 6.30. The zero-order valence-electron chi connectivity index (χ0n) is 14.8. The first-order chi connectivity index (χ1) is 13.7. The van der Waals surface area contributed by atoms with Gasteiger partial charge in [-0.1, -0.05) is 35.9 Å². The van der Waals surface area contributed by atoms with Crippen molar-refractivity contribution in [2.75, 3.05) is 0 Å². The van der Waals surface area contributed by atoms with Crippen LogP contribution in [-0.2, 0) is 0 Å². The monoisotopic (exact) mass is 382 g/mol. The minimum Gasteiger partial charge on any atom is -0.361 e. The van der Waals surface area contributed by atoms with Crippen molar-refractivity contribution in [3.05, 3.63) is 106 Å². The predicted molar refractivity (Wildman–Crippen MR) is 109 cm³/mol. The molecule has 0 saturated carbocycles. The summed E-state index contributed by atoms with van der Waals surface area (Å²) < 4.78 is 0. The van der Waals surface area contributed by atoms with E-state index in [-0.39, 0.29) is 12.1 Å². The number of nitrogens with one attached hydrogen (secondary N) is 1. The Balaban J connectivity index is 1.73. The maximum Gasteiger partial charge on any atom is 0.129 e. The number of hydrogen-bond acceptors (Lipinski definition) is 4. The third-order valence-electron chi connectivity index (χ3n) is 4.77. The molecule has 1 heterocycles. The Morgan fingerprint density at radius 3 is 1.82 bits per heavy atom. The fourth-order valence-electron chi connectivity index (χ4n) is 3.30. The van der Waals surface area contributed by atoms with Crippen LogP contribution in [0.5, 0.6) is 0 Å². The Labute approximate surface area is 168 Å². The molecule has 4 nitrogen and oxygen atoms in total. The van der Waals surface area contributed by atoms with Crippen molar-refractivity contribution in [3.8, 4) is 12.1 Å². The van der Waals surface area contributed by atoms with Crippen molar-refractivity contribution in [1.82, 2.24) is 5.32 Å². The Hall–Kier alpha value is -3.60. The van der Waals surface area contributed by atoms with E-state index in [4.69, 9.17) is 27.1 Å². The van der Waals surface area contributed by atoms with Crippen molar-refractivity contribution in [1.29, 1.82) is 10.5 Å². The average molecular weight is 383 g/mol. The lowest BCUT2D eigenvalue weighted by Crippen LogP contribution is -2.25. The van der Waals surface area contributed by atoms with Gasteiger partial charge in [-0.2, -0.15) is 10.5 Å². The van der Waals surface area contributed by atoms with Gasteiger partial charge in [0.25, 0.3) is 0 Å². The van der Waals surface area contributed by atoms with Crippen LogP contribution in [0.1, 0.15) is 39.9 Å². The van der Waals surface area contributed by atoms with Gasteiger partial charge in [-0.15, -0.1) is 0 Å². The second-order valence-corrected chi connectivity index (χ2v) is 6.96. The van der Waals surface area contributed by atoms with Crippen LogP contribution in [-0.4, -0.2) is 5.84 Å². The molecule has 0 fully saturated rings. The largest absolute Gasteiger partial charge is 0.361 e. The molecule has 3 aromatic rings. The molecule has 0 spiro atoms. The summed E-state index contributed by atoms with van der Waals surface area (Å²) in [7, 11) is 0. The highest BCUT2D eigenvalue weighted by atomic mass is 35.5. The van der Waals surface area contributed by atoms with Crippen LogP contribution in [0.15, 0.2) is 77.8 Å². The van der Waals surface area contributed by atoms with E-state index < -0.39 is 0 Å². The van der Waals surface area contributed by atoms with Crippen LogP contribution >= 0.6 is 11.6 Å². The molecule has 0 radical (unpaired) electrons. The van der Waals surface area contributed by atoms with Gasteiger partial charge in [0.2, 0.25) is 0 Å². The molecule has 0 aromatic heterocycles. The fraction of sp³-hybridized carbons (Fsp3) is 0.0870. The number of benzene rings is 3. The Bertz CT molecular complexity index is 1100. The van der Waals surface area contributed by atoms with Gasteiger partial charge >= 0.3 is 0 Å². The summed E-state index contributed by atoms with van der Waals surface area (Å²) in [6, 6.07) is 26.6. The Kier molecular flexibility index (Phi) is 4.81. The molecular formula is C23H15ClN4. The standard InChI is InChI=1S/C23H15ClN4/c24-20-11-9-19(10-12-20)23-27-21(17-5-1-15(13-25)2-6-17)22(28-23)18-7-3-16(14-26)4-8-18/h1-12,21-22H,(H,27,28)/t21-,22+. The van der Waals surface area contributed by atoms with E-state index in [1.165, 1.54) is 0 Å². The van der Waals surface area contributed by atoms with Gasteiger partial charge in [0.15, 0.2) is 0 Å². The van der Waals surface area contributed by atoms with E-state index in [1.807, 2.05) is 60.7 Å². The molecule has 3 aromatic carbocycles. The maximum atomic E-state index is 9.06. The number of halogens is 1. The molecule has 0 aliphatic carbocycles. The van der Waals surface area contributed by atoms with Crippen molar-refractivity contribution >= 4 is 17.4 Å². The number of hydrogen-bond donors (Lipinski definition) is 1. The van der Waals surface area contributed by atoms with Crippen LogP contribution in [0, 0.1) is 22.7 Å². The third-order valence-corrected chi connectivity index (χ3v) is 5.03. The first-order valence-corrected chi connectivity index (χ1v) is 9.16. The van der Waals surface area contributed by atoms with E-state index in [9.17, 15) is 0 Å². The molecule has 28 heavy (non-hydrogen) atoms. The van der Waals surface area contributed by atoms with Gasteiger partial charge in [0.05, 0.1) is 29.3 Å². The number of aliphatic imine (C=N–C) groups is 1. The summed E-state index contributed by atoms with van der Waals surface area (Å²) in [5.74, 6) is 0.792. The van der Waals surface area contributed by atoms with Gasteiger partial charge in [0.1, 0.15) is 11.9 Å². The number of nitrogens with zero attached hydrogens (tertiary/aromatic N) is 3. The summed E-state index contributed by atoms with van der Waals surface area (Å²) in [6.07, 6.45) is 0. The Morgan fingerprint density at radius 1 is 0.750 bits per heavy atom. The van der Waals surface area contributed by atoms with E-state index in [2.05, 4.69) is 17.5 Å². The zero-order chi connectivity index (χ0) is 19.5. The summed E-state index contributed by atoms with van der Waals surface area (Å²) in [4.78, 5) is 4.93. The molecule has 1 aliphatic rings. The lowest BCUT2D eigenvalue weighted by atomic mass is 9.94. The normalized spacial score (nSPS) is 17.9. The van der Waals surface area contributed by atoms with E-state index in [1.54, 1.807) is 12.1 Å². The lowest BCUT2D eigenvalue weighted by molar-refractivity contribution is 0.572. The molecule has 0 saturated heterocycles. The van der Waals surface area contributed by atoms with Gasteiger partial charge in [-0.05, 0) is 59.7 Å².